The number of anilines is 1. The van der Waals surface area contributed by atoms with E-state index in [9.17, 15) is 4.79 Å². The molecule has 0 fully saturated rings. The van der Waals surface area contributed by atoms with Crippen LogP contribution >= 0.6 is 34.0 Å². The molecule has 1 amide bonds. The molecule has 0 aliphatic heterocycles. The van der Waals surface area contributed by atoms with Gasteiger partial charge in [-0.1, -0.05) is 42.5 Å². The first-order valence-electron chi connectivity index (χ1n) is 8.19. The number of hydrogen-bond acceptors (Lipinski definition) is 6. The van der Waals surface area contributed by atoms with Gasteiger partial charge in [0, 0.05) is 22.9 Å². The van der Waals surface area contributed by atoms with Crippen molar-refractivity contribution in [2.75, 3.05) is 11.4 Å². The van der Waals surface area contributed by atoms with E-state index < -0.39 is 0 Å². The van der Waals surface area contributed by atoms with Gasteiger partial charge < -0.3 is 0 Å². The largest absolute Gasteiger partial charge is 0.279 e. The highest BCUT2D eigenvalue weighted by Crippen LogP contribution is 2.31. The monoisotopic (exact) mass is 409 g/mol. The van der Waals surface area contributed by atoms with E-state index in [1.165, 1.54) is 22.7 Å². The molecule has 0 radical (unpaired) electrons. The van der Waals surface area contributed by atoms with Crippen LogP contribution in [0.4, 0.5) is 5.13 Å². The highest BCUT2D eigenvalue weighted by Gasteiger charge is 2.22. The second kappa shape index (κ2) is 7.96. The Morgan fingerprint density at radius 3 is 2.63 bits per heavy atom. The third kappa shape index (κ3) is 3.75. The maximum absolute atomic E-state index is 13.1. The number of carbonyl (C=O) groups is 1. The summed E-state index contributed by atoms with van der Waals surface area (Å²) in [4.78, 5) is 24.9. The van der Waals surface area contributed by atoms with E-state index in [4.69, 9.17) is 0 Å². The fraction of sp³-hybridized carbons (Fsp3) is 0.0500. The summed E-state index contributed by atoms with van der Waals surface area (Å²) < 4.78 is 0. The molecule has 0 aliphatic carbocycles. The average Bonchev–Trinajstić information content (AvgIpc) is 3.47. The Hall–Kier alpha value is -2.61. The zero-order chi connectivity index (χ0) is 18.6. The van der Waals surface area contributed by atoms with E-state index in [1.807, 2.05) is 53.2 Å². The van der Waals surface area contributed by atoms with Crippen molar-refractivity contribution >= 4 is 45.0 Å². The topological polar surface area (TPSA) is 46.1 Å². The molecule has 3 aromatic heterocycles. The molecular formula is C20H15N3OS3. The number of nitrogens with zero attached hydrogens (tertiary/aromatic N) is 3. The van der Waals surface area contributed by atoms with E-state index >= 15 is 0 Å². The zero-order valence-corrected chi connectivity index (χ0v) is 16.7. The van der Waals surface area contributed by atoms with Crippen molar-refractivity contribution in [2.24, 2.45) is 0 Å². The standard InChI is InChI=1S/C20H15N3OS3/c1-2-10-23(20-22-15(12-27-20)14-7-4-3-5-8-14)19(24)16-13-26-18(21-16)17-9-6-11-25-17/h2-9,11-13H,1,10H2. The van der Waals surface area contributed by atoms with Crippen LogP contribution in [-0.4, -0.2) is 22.4 Å². The van der Waals surface area contributed by atoms with Crippen LogP contribution in [0.1, 0.15) is 10.5 Å². The molecule has 3 heterocycles. The van der Waals surface area contributed by atoms with Gasteiger partial charge in [-0.3, -0.25) is 9.69 Å². The van der Waals surface area contributed by atoms with E-state index in [0.717, 1.165) is 21.1 Å². The van der Waals surface area contributed by atoms with Gasteiger partial charge in [0.1, 0.15) is 10.7 Å². The van der Waals surface area contributed by atoms with Crippen LogP contribution in [0.3, 0.4) is 0 Å². The van der Waals surface area contributed by atoms with Crippen LogP contribution < -0.4 is 4.90 Å². The Bertz CT molecular complexity index is 1050. The molecular weight excluding hydrogens is 394 g/mol. The summed E-state index contributed by atoms with van der Waals surface area (Å²) in [5.41, 5.74) is 2.32. The molecule has 4 rings (SSSR count). The molecule has 0 unspecified atom stereocenters. The van der Waals surface area contributed by atoms with Crippen molar-refractivity contribution in [2.45, 2.75) is 0 Å². The molecule has 4 aromatic rings. The highest BCUT2D eigenvalue weighted by molar-refractivity contribution is 7.20. The fourth-order valence-electron chi connectivity index (χ4n) is 2.53. The van der Waals surface area contributed by atoms with E-state index in [-0.39, 0.29) is 5.91 Å². The number of hydrogen-bond donors (Lipinski definition) is 0. The van der Waals surface area contributed by atoms with Crippen molar-refractivity contribution in [3.05, 3.63) is 77.0 Å². The summed E-state index contributed by atoms with van der Waals surface area (Å²) in [5, 5.41) is 7.27. The molecule has 0 aliphatic rings. The van der Waals surface area contributed by atoms with Gasteiger partial charge in [0.15, 0.2) is 5.13 Å². The van der Waals surface area contributed by atoms with E-state index in [2.05, 4.69) is 16.5 Å². The molecule has 1 aromatic carbocycles. The maximum Gasteiger partial charge on any atom is 0.279 e. The Morgan fingerprint density at radius 1 is 1.04 bits per heavy atom. The SMILES string of the molecule is C=CCN(C(=O)c1csc(-c2cccs2)n1)c1nc(-c2ccccc2)cs1. The molecule has 0 saturated heterocycles. The first-order chi connectivity index (χ1) is 13.3. The molecule has 7 heteroatoms. The van der Waals surface area contributed by atoms with Crippen molar-refractivity contribution in [3.63, 3.8) is 0 Å². The van der Waals surface area contributed by atoms with Gasteiger partial charge in [0.25, 0.3) is 5.91 Å². The van der Waals surface area contributed by atoms with Crippen LogP contribution in [0.5, 0.6) is 0 Å². The minimum atomic E-state index is -0.164. The predicted molar refractivity (Wildman–Crippen MR) is 115 cm³/mol. The summed E-state index contributed by atoms with van der Waals surface area (Å²) in [6.07, 6.45) is 1.70. The Labute approximate surface area is 169 Å². The molecule has 4 nitrogen and oxygen atoms in total. The van der Waals surface area contributed by atoms with Crippen molar-refractivity contribution < 1.29 is 4.79 Å². The number of thiophene rings is 1. The van der Waals surface area contributed by atoms with Crippen molar-refractivity contribution in [1.29, 1.82) is 0 Å². The smallest absolute Gasteiger partial charge is 0.279 e. The quantitative estimate of drug-likeness (QED) is 0.377. The summed E-state index contributed by atoms with van der Waals surface area (Å²) >= 11 is 4.53. The highest BCUT2D eigenvalue weighted by atomic mass is 32.1. The third-order valence-electron chi connectivity index (χ3n) is 3.80. The summed E-state index contributed by atoms with van der Waals surface area (Å²) in [6, 6.07) is 13.9. The van der Waals surface area contributed by atoms with Gasteiger partial charge in [-0.15, -0.1) is 40.6 Å². The first-order valence-corrected chi connectivity index (χ1v) is 10.8. The summed E-state index contributed by atoms with van der Waals surface area (Å²) in [5.74, 6) is -0.164. The normalized spacial score (nSPS) is 10.7. The molecule has 27 heavy (non-hydrogen) atoms. The average molecular weight is 410 g/mol. The number of carbonyl (C=O) groups excluding carboxylic acids is 1. The summed E-state index contributed by atoms with van der Waals surface area (Å²) in [6.45, 7) is 4.16. The Balaban J connectivity index is 1.62. The molecule has 0 N–H and O–H groups in total. The van der Waals surface area contributed by atoms with Crippen LogP contribution in [-0.2, 0) is 0 Å². The molecule has 0 spiro atoms. The molecule has 0 bridgehead atoms. The van der Waals surface area contributed by atoms with Gasteiger partial charge in [0.2, 0.25) is 0 Å². The number of aromatic nitrogens is 2. The van der Waals surface area contributed by atoms with Gasteiger partial charge in [-0.2, -0.15) is 0 Å². The second-order valence-corrected chi connectivity index (χ2v) is 8.24. The van der Waals surface area contributed by atoms with Crippen molar-refractivity contribution in [3.8, 4) is 21.1 Å². The lowest BCUT2D eigenvalue weighted by Gasteiger charge is -2.16. The second-order valence-electron chi connectivity index (χ2n) is 5.60. The van der Waals surface area contributed by atoms with Gasteiger partial charge in [-0.05, 0) is 11.4 Å². The van der Waals surface area contributed by atoms with Crippen LogP contribution in [0.15, 0.2) is 71.3 Å². The minimum absolute atomic E-state index is 0.164. The zero-order valence-electron chi connectivity index (χ0n) is 14.2. The molecule has 0 saturated carbocycles. The molecule has 134 valence electrons. The molecule has 0 atom stereocenters. The lowest BCUT2D eigenvalue weighted by molar-refractivity contribution is 0.0985. The minimum Gasteiger partial charge on any atom is -0.279 e. The predicted octanol–water partition coefficient (Wildman–Crippen LogP) is 5.83. The number of rotatable bonds is 6. The number of thiazole rings is 2. The summed E-state index contributed by atoms with van der Waals surface area (Å²) in [7, 11) is 0. The van der Waals surface area contributed by atoms with Crippen LogP contribution in [0.25, 0.3) is 21.1 Å². The van der Waals surface area contributed by atoms with E-state index in [0.29, 0.717) is 17.4 Å². The van der Waals surface area contributed by atoms with Crippen molar-refractivity contribution in [1.82, 2.24) is 9.97 Å². The third-order valence-corrected chi connectivity index (χ3v) is 6.55. The lowest BCUT2D eigenvalue weighted by atomic mass is 10.2. The first kappa shape index (κ1) is 17.8. The van der Waals surface area contributed by atoms with Crippen LogP contribution in [0, 0.1) is 0 Å². The van der Waals surface area contributed by atoms with Gasteiger partial charge >= 0.3 is 0 Å². The Kier molecular flexibility index (Phi) is 5.24. The fourth-order valence-corrected chi connectivity index (χ4v) is 4.98. The maximum atomic E-state index is 13.1. The lowest BCUT2D eigenvalue weighted by Crippen LogP contribution is -2.31. The van der Waals surface area contributed by atoms with Gasteiger partial charge in [0.05, 0.1) is 10.6 Å². The van der Waals surface area contributed by atoms with Crippen LogP contribution in [0.2, 0.25) is 0 Å². The van der Waals surface area contributed by atoms with E-state index in [1.54, 1.807) is 27.7 Å². The number of amides is 1. The van der Waals surface area contributed by atoms with Gasteiger partial charge in [-0.25, -0.2) is 9.97 Å². The Morgan fingerprint density at radius 2 is 1.89 bits per heavy atom. The number of benzene rings is 1.